The number of hydrogen-bond donors (Lipinski definition) is 0. The fourth-order valence-corrected chi connectivity index (χ4v) is 3.12. The lowest BCUT2D eigenvalue weighted by Crippen LogP contribution is -2.41. The van der Waals surface area contributed by atoms with Crippen molar-refractivity contribution in [2.24, 2.45) is 0 Å². The van der Waals surface area contributed by atoms with Gasteiger partial charge in [-0.2, -0.15) is 0 Å². The van der Waals surface area contributed by atoms with Gasteiger partial charge in [-0.3, -0.25) is 9.69 Å². The molecule has 1 atom stereocenters. The third kappa shape index (κ3) is 2.58. The molecule has 2 heterocycles. The van der Waals surface area contributed by atoms with Crippen molar-refractivity contribution in [2.75, 3.05) is 39.5 Å². The van der Waals surface area contributed by atoms with E-state index in [-0.39, 0.29) is 5.97 Å². The van der Waals surface area contributed by atoms with Crippen LogP contribution in [0.25, 0.3) is 0 Å². The summed E-state index contributed by atoms with van der Waals surface area (Å²) >= 11 is 0. The van der Waals surface area contributed by atoms with E-state index in [4.69, 9.17) is 9.47 Å². The van der Waals surface area contributed by atoms with E-state index in [1.807, 2.05) is 30.3 Å². The average molecular weight is 275 g/mol. The number of morpholine rings is 1. The monoisotopic (exact) mass is 275 g/mol. The third-order valence-corrected chi connectivity index (χ3v) is 4.44. The van der Waals surface area contributed by atoms with Crippen LogP contribution in [0, 0.1) is 0 Å². The third-order valence-electron chi connectivity index (χ3n) is 4.44. The second-order valence-corrected chi connectivity index (χ2v) is 5.54. The highest BCUT2D eigenvalue weighted by Crippen LogP contribution is 2.37. The Morgan fingerprint density at radius 1 is 1.10 bits per heavy atom. The zero-order chi connectivity index (χ0) is 13.8. The van der Waals surface area contributed by atoms with Crippen LogP contribution >= 0.6 is 0 Å². The van der Waals surface area contributed by atoms with Gasteiger partial charge in [0.15, 0.2) is 0 Å². The molecule has 1 unspecified atom stereocenters. The summed E-state index contributed by atoms with van der Waals surface area (Å²) in [5.74, 6) is -0.0584. The molecule has 0 bridgehead atoms. The molecule has 2 aliphatic rings. The van der Waals surface area contributed by atoms with Gasteiger partial charge in [0.05, 0.1) is 25.2 Å². The minimum atomic E-state index is -0.445. The van der Waals surface area contributed by atoms with E-state index in [1.54, 1.807) is 0 Å². The Labute approximate surface area is 119 Å². The van der Waals surface area contributed by atoms with E-state index < -0.39 is 5.41 Å². The largest absolute Gasteiger partial charge is 0.465 e. The summed E-state index contributed by atoms with van der Waals surface area (Å²) in [6.45, 7) is 4.97. The molecule has 2 saturated heterocycles. The van der Waals surface area contributed by atoms with Crippen LogP contribution < -0.4 is 0 Å². The number of hydrogen-bond acceptors (Lipinski definition) is 4. The van der Waals surface area contributed by atoms with Crippen molar-refractivity contribution in [1.82, 2.24) is 4.90 Å². The van der Waals surface area contributed by atoms with Gasteiger partial charge in [-0.05, 0) is 18.5 Å². The Bertz CT molecular complexity index is 456. The predicted molar refractivity (Wildman–Crippen MR) is 75.6 cm³/mol. The first-order valence-corrected chi connectivity index (χ1v) is 7.34. The summed E-state index contributed by atoms with van der Waals surface area (Å²) in [7, 11) is 0. The van der Waals surface area contributed by atoms with E-state index in [1.165, 1.54) is 0 Å². The molecule has 0 saturated carbocycles. The SMILES string of the molecule is O=C1OCCC1(CCN1CCOCC1)c1ccccc1. The molecule has 0 N–H and O–H groups in total. The number of nitrogens with zero attached hydrogens (tertiary/aromatic N) is 1. The van der Waals surface area contributed by atoms with Crippen molar-refractivity contribution < 1.29 is 14.3 Å². The second kappa shape index (κ2) is 5.94. The molecule has 4 heteroatoms. The van der Waals surface area contributed by atoms with Gasteiger partial charge >= 0.3 is 5.97 Å². The van der Waals surface area contributed by atoms with Crippen LogP contribution in [0.4, 0.5) is 0 Å². The maximum Gasteiger partial charge on any atom is 0.316 e. The molecular formula is C16H21NO3. The van der Waals surface area contributed by atoms with Crippen LogP contribution in [-0.2, 0) is 19.7 Å². The molecule has 0 amide bonds. The number of carbonyl (C=O) groups is 1. The molecule has 1 aromatic rings. The standard InChI is InChI=1S/C16H21NO3/c18-15-16(7-11-20-15,14-4-2-1-3-5-14)6-8-17-9-12-19-13-10-17/h1-5H,6-13H2. The Hall–Kier alpha value is -1.39. The van der Waals surface area contributed by atoms with Crippen LogP contribution in [-0.4, -0.2) is 50.3 Å². The molecule has 0 spiro atoms. The molecule has 0 aromatic heterocycles. The van der Waals surface area contributed by atoms with Gasteiger partial charge in [0.1, 0.15) is 0 Å². The van der Waals surface area contributed by atoms with E-state index in [9.17, 15) is 4.79 Å². The minimum absolute atomic E-state index is 0.0584. The highest BCUT2D eigenvalue weighted by molar-refractivity contribution is 5.85. The average Bonchev–Trinajstić information content (AvgIpc) is 2.89. The maximum absolute atomic E-state index is 12.3. The lowest BCUT2D eigenvalue weighted by atomic mass is 9.76. The lowest BCUT2D eigenvalue weighted by molar-refractivity contribution is -0.143. The number of ether oxygens (including phenoxy) is 2. The molecule has 108 valence electrons. The fraction of sp³-hybridized carbons (Fsp3) is 0.562. The second-order valence-electron chi connectivity index (χ2n) is 5.54. The van der Waals surface area contributed by atoms with Crippen LogP contribution in [0.3, 0.4) is 0 Å². The van der Waals surface area contributed by atoms with E-state index in [0.29, 0.717) is 6.61 Å². The van der Waals surface area contributed by atoms with E-state index in [2.05, 4.69) is 4.90 Å². The van der Waals surface area contributed by atoms with E-state index >= 15 is 0 Å². The van der Waals surface area contributed by atoms with Gasteiger partial charge in [-0.25, -0.2) is 0 Å². The Kier molecular flexibility index (Phi) is 4.03. The van der Waals surface area contributed by atoms with Crippen LogP contribution in [0.15, 0.2) is 30.3 Å². The molecule has 4 nitrogen and oxygen atoms in total. The summed E-state index contributed by atoms with van der Waals surface area (Å²) in [6, 6.07) is 10.1. The number of cyclic esters (lactones) is 1. The summed E-state index contributed by atoms with van der Waals surface area (Å²) in [6.07, 6.45) is 1.62. The normalized spacial score (nSPS) is 27.5. The van der Waals surface area contributed by atoms with Crippen molar-refractivity contribution >= 4 is 5.97 Å². The predicted octanol–water partition coefficient (Wildman–Crippen LogP) is 1.59. The molecule has 2 aliphatic heterocycles. The topological polar surface area (TPSA) is 38.8 Å². The Morgan fingerprint density at radius 2 is 1.85 bits per heavy atom. The first-order chi connectivity index (χ1) is 9.81. The zero-order valence-corrected chi connectivity index (χ0v) is 11.7. The first-order valence-electron chi connectivity index (χ1n) is 7.34. The van der Waals surface area contributed by atoms with Gasteiger partial charge in [0.25, 0.3) is 0 Å². The highest BCUT2D eigenvalue weighted by atomic mass is 16.5. The molecule has 20 heavy (non-hydrogen) atoms. The Balaban J connectivity index is 1.75. The molecular weight excluding hydrogens is 254 g/mol. The van der Waals surface area contributed by atoms with Gasteiger partial charge in [-0.15, -0.1) is 0 Å². The zero-order valence-electron chi connectivity index (χ0n) is 11.7. The van der Waals surface area contributed by atoms with Crippen LogP contribution in [0.1, 0.15) is 18.4 Å². The molecule has 3 rings (SSSR count). The molecule has 1 aromatic carbocycles. The molecule has 0 radical (unpaired) electrons. The lowest BCUT2D eigenvalue weighted by Gasteiger charge is -2.31. The van der Waals surface area contributed by atoms with Gasteiger partial charge in [0.2, 0.25) is 0 Å². The summed E-state index contributed by atoms with van der Waals surface area (Å²) in [5.41, 5.74) is 0.648. The van der Waals surface area contributed by atoms with Crippen LogP contribution in [0.5, 0.6) is 0 Å². The molecule has 0 aliphatic carbocycles. The smallest absolute Gasteiger partial charge is 0.316 e. The number of rotatable bonds is 4. The van der Waals surface area contributed by atoms with Crippen molar-refractivity contribution in [2.45, 2.75) is 18.3 Å². The Morgan fingerprint density at radius 3 is 2.50 bits per heavy atom. The van der Waals surface area contributed by atoms with Gasteiger partial charge in [0, 0.05) is 19.5 Å². The van der Waals surface area contributed by atoms with Crippen molar-refractivity contribution in [3.63, 3.8) is 0 Å². The summed E-state index contributed by atoms with van der Waals surface area (Å²) in [4.78, 5) is 14.7. The fourth-order valence-electron chi connectivity index (χ4n) is 3.12. The summed E-state index contributed by atoms with van der Waals surface area (Å²) < 4.78 is 10.7. The van der Waals surface area contributed by atoms with Crippen molar-refractivity contribution in [3.05, 3.63) is 35.9 Å². The van der Waals surface area contributed by atoms with Gasteiger partial charge in [-0.1, -0.05) is 30.3 Å². The molecule has 2 fully saturated rings. The van der Waals surface area contributed by atoms with E-state index in [0.717, 1.165) is 51.3 Å². The first kappa shape index (κ1) is 13.6. The number of carbonyl (C=O) groups excluding carboxylic acids is 1. The minimum Gasteiger partial charge on any atom is -0.465 e. The van der Waals surface area contributed by atoms with Gasteiger partial charge < -0.3 is 9.47 Å². The van der Waals surface area contributed by atoms with Crippen molar-refractivity contribution in [3.8, 4) is 0 Å². The maximum atomic E-state index is 12.3. The number of esters is 1. The number of benzene rings is 1. The summed E-state index contributed by atoms with van der Waals surface area (Å²) in [5, 5.41) is 0. The van der Waals surface area contributed by atoms with Crippen LogP contribution in [0.2, 0.25) is 0 Å². The highest BCUT2D eigenvalue weighted by Gasteiger charge is 2.45. The van der Waals surface area contributed by atoms with Crippen molar-refractivity contribution in [1.29, 1.82) is 0 Å². The quantitative estimate of drug-likeness (QED) is 0.782.